The molecular formula is C21H24. The first-order valence-corrected chi connectivity index (χ1v) is 8.10. The average molecular weight is 276 g/mol. The van der Waals surface area contributed by atoms with Crippen LogP contribution in [0.2, 0.25) is 0 Å². The minimum Gasteiger partial charge on any atom is -0.0584 e. The molecule has 0 aromatic heterocycles. The van der Waals surface area contributed by atoms with Crippen LogP contribution in [0, 0.1) is 0 Å². The van der Waals surface area contributed by atoms with Crippen molar-refractivity contribution in [1.29, 1.82) is 0 Å². The molecule has 4 aliphatic rings. The first-order valence-electron chi connectivity index (χ1n) is 8.10. The molecule has 0 fully saturated rings. The van der Waals surface area contributed by atoms with Crippen LogP contribution in [0.5, 0.6) is 0 Å². The van der Waals surface area contributed by atoms with E-state index < -0.39 is 0 Å². The van der Waals surface area contributed by atoms with Gasteiger partial charge in [0, 0.05) is 0 Å². The molecule has 0 N–H and O–H groups in total. The summed E-state index contributed by atoms with van der Waals surface area (Å²) < 4.78 is 0. The summed E-state index contributed by atoms with van der Waals surface area (Å²) in [6.07, 6.45) is 6.33. The van der Waals surface area contributed by atoms with E-state index in [1.54, 1.807) is 0 Å². The van der Waals surface area contributed by atoms with Crippen molar-refractivity contribution in [3.63, 3.8) is 0 Å². The molecule has 0 atom stereocenters. The summed E-state index contributed by atoms with van der Waals surface area (Å²) in [7, 11) is 0. The number of hydrogen-bond donors (Lipinski definition) is 0. The molecule has 0 saturated carbocycles. The van der Waals surface area contributed by atoms with E-state index >= 15 is 0 Å². The van der Waals surface area contributed by atoms with E-state index in [0.717, 1.165) is 0 Å². The summed E-state index contributed by atoms with van der Waals surface area (Å²) in [6.45, 7) is 4.46. The number of allylic oxidation sites excluding steroid dienone is 2. The second-order valence-corrected chi connectivity index (χ2v) is 6.20. The average Bonchev–Trinajstić information content (AvgIpc) is 2.55. The van der Waals surface area contributed by atoms with Crippen molar-refractivity contribution in [2.75, 3.05) is 0 Å². The van der Waals surface area contributed by atoms with Crippen molar-refractivity contribution in [2.24, 2.45) is 0 Å². The van der Waals surface area contributed by atoms with Gasteiger partial charge in [-0.1, -0.05) is 55.0 Å². The van der Waals surface area contributed by atoms with E-state index in [1.807, 2.05) is 0 Å². The van der Waals surface area contributed by atoms with Gasteiger partial charge in [0.05, 0.1) is 0 Å². The van der Waals surface area contributed by atoms with Gasteiger partial charge < -0.3 is 0 Å². The highest BCUT2D eigenvalue weighted by atomic mass is 14.1. The minimum atomic E-state index is 1.21. The van der Waals surface area contributed by atoms with Gasteiger partial charge in [-0.25, -0.2) is 0 Å². The largest absolute Gasteiger partial charge is 0.0584 e. The third-order valence-electron chi connectivity index (χ3n) is 4.77. The molecule has 0 heterocycles. The third kappa shape index (κ3) is 3.26. The van der Waals surface area contributed by atoms with E-state index in [0.29, 0.717) is 0 Å². The molecule has 0 spiro atoms. The monoisotopic (exact) mass is 276 g/mol. The maximum Gasteiger partial charge on any atom is -0.0224 e. The Balaban J connectivity index is 2.03. The van der Waals surface area contributed by atoms with Gasteiger partial charge in [-0.3, -0.25) is 0 Å². The zero-order valence-electron chi connectivity index (χ0n) is 13.2. The number of hydrogen-bond acceptors (Lipinski definition) is 0. The summed E-state index contributed by atoms with van der Waals surface area (Å²) >= 11 is 0. The smallest absolute Gasteiger partial charge is 0.0224 e. The highest BCUT2D eigenvalue weighted by molar-refractivity contribution is 5.88. The van der Waals surface area contributed by atoms with E-state index in [4.69, 9.17) is 0 Å². The topological polar surface area (TPSA) is 0 Å². The highest BCUT2D eigenvalue weighted by Crippen LogP contribution is 2.27. The number of aryl methyl sites for hydroxylation is 2. The number of rotatable bonds is 0. The quantitative estimate of drug-likeness (QED) is 0.561. The van der Waals surface area contributed by atoms with Crippen LogP contribution in [0.3, 0.4) is 0 Å². The highest BCUT2D eigenvalue weighted by Gasteiger charge is 2.05. The standard InChI is InChI=1S/C21H24/c1-16-17(2)21-14-10-19(11-15-21)7-5-3-4-6-18-8-12-20(16)13-9-18/h8-15H,3-7H2,1-2H3/b17-16-. The van der Waals surface area contributed by atoms with Crippen LogP contribution in [-0.2, 0) is 12.8 Å². The van der Waals surface area contributed by atoms with Crippen LogP contribution in [-0.4, -0.2) is 0 Å². The van der Waals surface area contributed by atoms with E-state index in [9.17, 15) is 0 Å². The van der Waals surface area contributed by atoms with Crippen LogP contribution in [0.1, 0.15) is 55.4 Å². The normalized spacial score (nSPS) is 19.3. The summed E-state index contributed by atoms with van der Waals surface area (Å²) in [5.74, 6) is 0. The predicted octanol–water partition coefficient (Wildman–Crippen LogP) is 5.91. The van der Waals surface area contributed by atoms with E-state index in [-0.39, 0.29) is 0 Å². The first-order chi connectivity index (χ1) is 10.2. The Labute approximate surface area is 128 Å². The van der Waals surface area contributed by atoms with Gasteiger partial charge in [-0.15, -0.1) is 0 Å². The third-order valence-corrected chi connectivity index (χ3v) is 4.77. The fraction of sp³-hybridized carbons (Fsp3) is 0.333. The van der Waals surface area contributed by atoms with Crippen LogP contribution in [0.4, 0.5) is 0 Å². The maximum absolute atomic E-state index is 2.30. The van der Waals surface area contributed by atoms with Crippen molar-refractivity contribution in [2.45, 2.75) is 46.0 Å². The van der Waals surface area contributed by atoms with Gasteiger partial charge >= 0.3 is 0 Å². The molecule has 4 aliphatic carbocycles. The Bertz CT molecular complexity index is 569. The Morgan fingerprint density at radius 3 is 1.29 bits per heavy atom. The molecular weight excluding hydrogens is 252 g/mol. The maximum atomic E-state index is 2.30. The summed E-state index contributed by atoms with van der Waals surface area (Å²) in [5.41, 5.74) is 8.39. The zero-order chi connectivity index (χ0) is 14.7. The molecule has 0 unspecified atom stereocenters. The zero-order valence-corrected chi connectivity index (χ0v) is 13.2. The van der Waals surface area contributed by atoms with Gasteiger partial charge in [0.1, 0.15) is 0 Å². The minimum absolute atomic E-state index is 1.21. The molecule has 2 aromatic rings. The SMILES string of the molecule is C/C1=C(\C)c2ccc(cc2)CCCCCc2ccc1cc2. The van der Waals surface area contributed by atoms with Crippen LogP contribution in [0.25, 0.3) is 11.1 Å². The number of benzene rings is 2. The van der Waals surface area contributed by atoms with Crippen molar-refractivity contribution < 1.29 is 0 Å². The molecule has 0 heteroatoms. The molecule has 0 radical (unpaired) electrons. The summed E-state index contributed by atoms with van der Waals surface area (Å²) in [6, 6.07) is 18.3. The molecule has 0 saturated heterocycles. The molecule has 4 bridgehead atoms. The Morgan fingerprint density at radius 1 is 0.524 bits per heavy atom. The predicted molar refractivity (Wildman–Crippen MR) is 92.3 cm³/mol. The van der Waals surface area contributed by atoms with Gasteiger partial charge in [0.15, 0.2) is 0 Å². The molecule has 0 nitrogen and oxygen atoms in total. The first kappa shape index (κ1) is 14.1. The molecule has 0 aliphatic heterocycles. The van der Waals surface area contributed by atoms with E-state index in [2.05, 4.69) is 62.4 Å². The molecule has 2 aromatic carbocycles. The summed E-state index contributed by atoms with van der Waals surface area (Å²) in [5, 5.41) is 0. The molecule has 0 amide bonds. The Kier molecular flexibility index (Phi) is 4.24. The van der Waals surface area contributed by atoms with Crippen molar-refractivity contribution in [3.05, 3.63) is 70.8 Å². The van der Waals surface area contributed by atoms with Crippen molar-refractivity contribution >= 4 is 11.1 Å². The fourth-order valence-electron chi connectivity index (χ4n) is 3.11. The van der Waals surface area contributed by atoms with Crippen molar-refractivity contribution in [3.8, 4) is 0 Å². The molecule has 21 heavy (non-hydrogen) atoms. The lowest BCUT2D eigenvalue weighted by molar-refractivity contribution is 0.678. The van der Waals surface area contributed by atoms with Gasteiger partial charge in [0.25, 0.3) is 0 Å². The Morgan fingerprint density at radius 2 is 0.905 bits per heavy atom. The van der Waals surface area contributed by atoms with Gasteiger partial charge in [0.2, 0.25) is 0 Å². The van der Waals surface area contributed by atoms with Gasteiger partial charge in [-0.05, 0) is 72.9 Å². The molecule has 6 rings (SSSR count). The summed E-state index contributed by atoms with van der Waals surface area (Å²) in [4.78, 5) is 0. The second-order valence-electron chi connectivity index (χ2n) is 6.20. The van der Waals surface area contributed by atoms with Crippen molar-refractivity contribution in [1.82, 2.24) is 0 Å². The van der Waals surface area contributed by atoms with Gasteiger partial charge in [-0.2, -0.15) is 0 Å². The molecule has 108 valence electrons. The Hall–Kier alpha value is -1.82. The van der Waals surface area contributed by atoms with E-state index in [1.165, 1.54) is 65.5 Å². The lowest BCUT2D eigenvalue weighted by atomic mass is 9.95. The lowest BCUT2D eigenvalue weighted by Crippen LogP contribution is -1.89. The second kappa shape index (κ2) is 6.30. The van der Waals surface area contributed by atoms with Crippen LogP contribution < -0.4 is 0 Å². The van der Waals surface area contributed by atoms with Crippen LogP contribution in [0.15, 0.2) is 48.5 Å². The van der Waals surface area contributed by atoms with Crippen LogP contribution >= 0.6 is 0 Å². The fourth-order valence-corrected chi connectivity index (χ4v) is 3.11. The lowest BCUT2D eigenvalue weighted by Gasteiger charge is -2.10.